The second-order valence-corrected chi connectivity index (χ2v) is 10.2. The average Bonchev–Trinajstić information content (AvgIpc) is 3.39. The number of pyridine rings is 1. The molecule has 6 rings (SSSR count). The number of aromatic nitrogens is 5. The summed E-state index contributed by atoms with van der Waals surface area (Å²) >= 11 is 1.00. The first-order valence-electron chi connectivity index (χ1n) is 11.5. The van der Waals surface area contributed by atoms with Crippen molar-refractivity contribution in [2.75, 3.05) is 18.0 Å². The van der Waals surface area contributed by atoms with Crippen LogP contribution in [0.15, 0.2) is 58.8 Å². The molecule has 1 atom stereocenters. The van der Waals surface area contributed by atoms with Gasteiger partial charge in [-0.25, -0.2) is 9.97 Å². The van der Waals surface area contributed by atoms with Gasteiger partial charge in [-0.2, -0.15) is 4.98 Å². The van der Waals surface area contributed by atoms with Gasteiger partial charge in [-0.1, -0.05) is 36.0 Å². The molecular formula is C24H22F3N7OS. The molecule has 1 fully saturated rings. The number of rotatable bonds is 4. The van der Waals surface area contributed by atoms with Gasteiger partial charge in [0.15, 0.2) is 17.0 Å². The highest BCUT2D eigenvalue weighted by molar-refractivity contribution is 7.99. The van der Waals surface area contributed by atoms with Crippen LogP contribution >= 0.6 is 11.8 Å². The zero-order valence-electron chi connectivity index (χ0n) is 19.0. The highest BCUT2D eigenvalue weighted by Gasteiger charge is 2.46. The summed E-state index contributed by atoms with van der Waals surface area (Å²) in [6.45, 7) is 1.61. The predicted molar refractivity (Wildman–Crippen MR) is 128 cm³/mol. The van der Waals surface area contributed by atoms with Crippen LogP contribution in [-0.4, -0.2) is 44.4 Å². The number of hydrogen-bond acceptors (Lipinski definition) is 8. The van der Waals surface area contributed by atoms with Gasteiger partial charge in [-0.15, -0.1) is 13.2 Å². The number of nitrogens with one attached hydrogen (secondary N) is 1. The topological polar surface area (TPSA) is 106 Å². The van der Waals surface area contributed by atoms with Crippen molar-refractivity contribution in [1.82, 2.24) is 24.9 Å². The summed E-state index contributed by atoms with van der Waals surface area (Å²) in [4.78, 5) is 22.8. The number of nitrogens with zero attached hydrogens (tertiary/aromatic N) is 5. The Kier molecular flexibility index (Phi) is 5.52. The molecule has 1 aliphatic heterocycles. The van der Waals surface area contributed by atoms with Crippen LogP contribution in [0, 0.1) is 5.41 Å². The van der Waals surface area contributed by atoms with Crippen molar-refractivity contribution < 1.29 is 17.9 Å². The van der Waals surface area contributed by atoms with E-state index in [1.165, 1.54) is 29.6 Å². The molecule has 4 heterocycles. The van der Waals surface area contributed by atoms with E-state index in [4.69, 9.17) is 5.73 Å². The Hall–Kier alpha value is -3.38. The predicted octanol–water partition coefficient (Wildman–Crippen LogP) is 4.64. The molecule has 0 unspecified atom stereocenters. The maximum Gasteiger partial charge on any atom is 0.573 e. The average molecular weight is 514 g/mol. The lowest BCUT2D eigenvalue weighted by molar-refractivity contribution is -0.275. The smallest absolute Gasteiger partial charge is 0.403 e. The van der Waals surface area contributed by atoms with Crippen LogP contribution in [0.5, 0.6) is 5.75 Å². The molecule has 8 nitrogen and oxygen atoms in total. The van der Waals surface area contributed by atoms with Gasteiger partial charge < -0.3 is 20.4 Å². The molecule has 3 N–H and O–H groups in total. The summed E-state index contributed by atoms with van der Waals surface area (Å²) in [5, 5.41) is 0.395. The minimum absolute atomic E-state index is 0.0360. The van der Waals surface area contributed by atoms with E-state index >= 15 is 0 Å². The molecule has 36 heavy (non-hydrogen) atoms. The summed E-state index contributed by atoms with van der Waals surface area (Å²) in [7, 11) is 0. The third-order valence-corrected chi connectivity index (χ3v) is 7.98. The summed E-state index contributed by atoms with van der Waals surface area (Å²) in [6.07, 6.45) is 1.99. The van der Waals surface area contributed by atoms with Crippen molar-refractivity contribution in [1.29, 1.82) is 0 Å². The molecular weight excluding hydrogens is 491 g/mol. The van der Waals surface area contributed by atoms with Crippen LogP contribution in [-0.2, 0) is 6.42 Å². The van der Waals surface area contributed by atoms with Gasteiger partial charge in [0, 0.05) is 25.3 Å². The summed E-state index contributed by atoms with van der Waals surface area (Å²) in [6, 6.07) is 9.90. The van der Waals surface area contributed by atoms with Crippen LogP contribution in [0.25, 0.3) is 11.3 Å². The Labute approximate surface area is 208 Å². The number of ether oxygens (including phenoxy) is 1. The number of anilines is 1. The van der Waals surface area contributed by atoms with Crippen molar-refractivity contribution in [2.45, 2.75) is 41.6 Å². The van der Waals surface area contributed by atoms with Crippen molar-refractivity contribution in [3.63, 3.8) is 0 Å². The standard InChI is InChI=1S/C24H22F3N7OS/c25-24(26,27)35-16-12-29-8-5-17(16)36-18-13-30-20-21(31-18)33-22(32-20)34-9-6-23(7-10-34)11-14-3-1-2-4-15(14)19(23)28/h1-5,8,12-13,19H,6-7,9-11,28H2,(H,30,31,32,33)/t19-/m1/s1. The van der Waals surface area contributed by atoms with E-state index < -0.39 is 12.1 Å². The van der Waals surface area contributed by atoms with Crippen LogP contribution in [0.1, 0.15) is 30.0 Å². The molecule has 0 radical (unpaired) electrons. The van der Waals surface area contributed by atoms with Gasteiger partial charge >= 0.3 is 6.36 Å². The van der Waals surface area contributed by atoms with E-state index in [2.05, 4.69) is 52.8 Å². The summed E-state index contributed by atoms with van der Waals surface area (Å²) < 4.78 is 42.2. The van der Waals surface area contributed by atoms with E-state index in [9.17, 15) is 13.2 Å². The van der Waals surface area contributed by atoms with Gasteiger partial charge in [-0.05, 0) is 41.9 Å². The number of nitrogens with two attached hydrogens (primary N) is 1. The number of alkyl halides is 3. The van der Waals surface area contributed by atoms with E-state index in [1.807, 2.05) is 6.07 Å². The van der Waals surface area contributed by atoms with Gasteiger partial charge in [0.05, 0.1) is 17.3 Å². The fraction of sp³-hybridized carbons (Fsp3) is 0.333. The molecule has 4 aromatic rings. The monoisotopic (exact) mass is 513 g/mol. The Morgan fingerprint density at radius 1 is 1.11 bits per heavy atom. The van der Waals surface area contributed by atoms with Crippen LogP contribution in [0.4, 0.5) is 19.1 Å². The molecule has 0 saturated carbocycles. The fourth-order valence-electron chi connectivity index (χ4n) is 5.20. The Balaban J connectivity index is 1.18. The molecule has 2 aliphatic rings. The van der Waals surface area contributed by atoms with Crippen LogP contribution in [0.3, 0.4) is 0 Å². The lowest BCUT2D eigenvalue weighted by Gasteiger charge is -2.42. The van der Waals surface area contributed by atoms with Crippen molar-refractivity contribution in [3.05, 3.63) is 60.0 Å². The number of benzene rings is 1. The van der Waals surface area contributed by atoms with Crippen LogP contribution < -0.4 is 15.4 Å². The SMILES string of the molecule is N[C@@H]1c2ccccc2CC12CCN(c1nc3nc(Sc4ccncc4OC(F)(F)F)cnc3[nH]1)CC2. The normalized spacial score (nSPS) is 19.1. The minimum Gasteiger partial charge on any atom is -0.403 e. The number of hydrogen-bond donors (Lipinski definition) is 2. The zero-order valence-corrected chi connectivity index (χ0v) is 19.8. The lowest BCUT2D eigenvalue weighted by atomic mass is 9.73. The van der Waals surface area contributed by atoms with Gasteiger partial charge in [-0.3, -0.25) is 4.98 Å². The fourth-order valence-corrected chi connectivity index (χ4v) is 5.98. The van der Waals surface area contributed by atoms with Crippen molar-refractivity contribution in [2.24, 2.45) is 11.1 Å². The number of halogens is 3. The number of fused-ring (bicyclic) bond motifs is 2. The van der Waals surface area contributed by atoms with Gasteiger partial charge in [0.25, 0.3) is 0 Å². The molecule has 1 aromatic carbocycles. The number of imidazole rings is 1. The first-order chi connectivity index (χ1) is 17.3. The molecule has 12 heteroatoms. The Bertz CT molecular complexity index is 1420. The minimum atomic E-state index is -4.82. The second kappa shape index (κ2) is 8.63. The lowest BCUT2D eigenvalue weighted by Crippen LogP contribution is -2.44. The maximum atomic E-state index is 12.7. The summed E-state index contributed by atoms with van der Waals surface area (Å²) in [5.74, 6) is 0.283. The molecule has 0 bridgehead atoms. The number of aromatic amines is 1. The third-order valence-electron chi connectivity index (χ3n) is 7.01. The summed E-state index contributed by atoms with van der Waals surface area (Å²) in [5.41, 5.74) is 10.3. The zero-order chi connectivity index (χ0) is 24.9. The van der Waals surface area contributed by atoms with Crippen LogP contribution in [0.2, 0.25) is 0 Å². The molecule has 1 aliphatic carbocycles. The maximum absolute atomic E-state index is 12.7. The number of H-pyrrole nitrogens is 1. The molecule has 186 valence electrons. The first-order valence-corrected chi connectivity index (χ1v) is 12.3. The highest BCUT2D eigenvalue weighted by Crippen LogP contribution is 2.50. The Morgan fingerprint density at radius 2 is 1.92 bits per heavy atom. The van der Waals surface area contributed by atoms with Gasteiger partial charge in [0.1, 0.15) is 5.03 Å². The van der Waals surface area contributed by atoms with Gasteiger partial charge in [0.2, 0.25) is 5.95 Å². The van der Waals surface area contributed by atoms with Crippen molar-refractivity contribution in [3.8, 4) is 5.75 Å². The highest BCUT2D eigenvalue weighted by atomic mass is 32.2. The quantitative estimate of drug-likeness (QED) is 0.407. The molecule has 3 aromatic heterocycles. The van der Waals surface area contributed by atoms with E-state index in [1.54, 1.807) is 0 Å². The second-order valence-electron chi connectivity index (χ2n) is 9.12. The number of piperidine rings is 1. The molecule has 1 spiro atoms. The van der Waals surface area contributed by atoms with E-state index in [0.29, 0.717) is 22.3 Å². The first kappa shape index (κ1) is 23.0. The third kappa shape index (κ3) is 4.24. The van der Waals surface area contributed by atoms with E-state index in [-0.39, 0.29) is 16.4 Å². The molecule has 1 saturated heterocycles. The largest absolute Gasteiger partial charge is 0.573 e. The molecule has 0 amide bonds. The van der Waals surface area contributed by atoms with E-state index in [0.717, 1.165) is 50.3 Å². The van der Waals surface area contributed by atoms with Crippen molar-refractivity contribution >= 4 is 29.0 Å². The Morgan fingerprint density at radius 3 is 2.69 bits per heavy atom.